The lowest BCUT2D eigenvalue weighted by Gasteiger charge is -2.16. The molecule has 4 heterocycles. The van der Waals surface area contributed by atoms with Crippen molar-refractivity contribution in [1.29, 1.82) is 0 Å². The molecule has 0 unspecified atom stereocenters. The fourth-order valence-electron chi connectivity index (χ4n) is 3.18. The quantitative estimate of drug-likeness (QED) is 0.744. The second-order valence-electron chi connectivity index (χ2n) is 6.04. The molecule has 1 fully saturated rings. The van der Waals surface area contributed by atoms with Crippen molar-refractivity contribution >= 4 is 5.82 Å². The Labute approximate surface area is 134 Å². The summed E-state index contributed by atoms with van der Waals surface area (Å²) < 4.78 is 7.34. The maximum Gasteiger partial charge on any atom is 0.176 e. The molecule has 1 atom stereocenters. The molecular formula is C17H19N5O. The molecule has 6 heteroatoms. The van der Waals surface area contributed by atoms with Crippen LogP contribution in [-0.4, -0.2) is 33.1 Å². The molecule has 3 aromatic heterocycles. The standard InChI is InChI=1S/C17H19N5O/c1-12-10-13(2)22(20-12)17-6-5-16(18-19-17)21-8-7-14(11-21)15-4-3-9-23-15/h3-6,9-10,14H,7-8,11H2,1-2H3/t14-/m0/s1. The number of aromatic nitrogens is 4. The molecule has 4 rings (SSSR count). The van der Waals surface area contributed by atoms with Crippen LogP contribution in [0.25, 0.3) is 5.82 Å². The van der Waals surface area contributed by atoms with E-state index in [-0.39, 0.29) is 0 Å². The molecule has 0 spiro atoms. The SMILES string of the molecule is Cc1cc(C)n(-c2ccc(N3CC[C@H](c4ccco4)C3)nn2)n1. The predicted molar refractivity (Wildman–Crippen MR) is 86.9 cm³/mol. The maximum atomic E-state index is 5.52. The Morgan fingerprint density at radius 1 is 1.13 bits per heavy atom. The third kappa shape index (κ3) is 2.60. The first-order valence-corrected chi connectivity index (χ1v) is 7.86. The van der Waals surface area contributed by atoms with Gasteiger partial charge in [0, 0.05) is 24.7 Å². The number of hydrogen-bond acceptors (Lipinski definition) is 5. The van der Waals surface area contributed by atoms with Crippen LogP contribution in [0.5, 0.6) is 0 Å². The molecule has 1 aliphatic heterocycles. The number of hydrogen-bond donors (Lipinski definition) is 0. The average molecular weight is 309 g/mol. The molecule has 6 nitrogen and oxygen atoms in total. The van der Waals surface area contributed by atoms with Crippen molar-refractivity contribution in [2.24, 2.45) is 0 Å². The maximum absolute atomic E-state index is 5.52. The number of rotatable bonds is 3. The Kier molecular flexibility index (Phi) is 3.37. The van der Waals surface area contributed by atoms with Crippen molar-refractivity contribution in [2.45, 2.75) is 26.2 Å². The first-order chi connectivity index (χ1) is 11.2. The van der Waals surface area contributed by atoms with E-state index in [9.17, 15) is 0 Å². The van der Waals surface area contributed by atoms with Crippen LogP contribution >= 0.6 is 0 Å². The normalized spacial score (nSPS) is 17.8. The highest BCUT2D eigenvalue weighted by Crippen LogP contribution is 2.29. The van der Waals surface area contributed by atoms with E-state index in [0.29, 0.717) is 5.92 Å². The topological polar surface area (TPSA) is 60.0 Å². The molecule has 1 saturated heterocycles. The molecule has 1 aliphatic rings. The monoisotopic (exact) mass is 309 g/mol. The lowest BCUT2D eigenvalue weighted by atomic mass is 10.1. The minimum Gasteiger partial charge on any atom is -0.469 e. The van der Waals surface area contributed by atoms with Gasteiger partial charge in [0.25, 0.3) is 0 Å². The summed E-state index contributed by atoms with van der Waals surface area (Å²) in [5, 5.41) is 13.2. The first kappa shape index (κ1) is 14.0. The Balaban J connectivity index is 1.52. The van der Waals surface area contributed by atoms with Crippen LogP contribution in [0, 0.1) is 13.8 Å². The van der Waals surface area contributed by atoms with Crippen LogP contribution in [-0.2, 0) is 0 Å². The summed E-state index contributed by atoms with van der Waals surface area (Å²) in [5.74, 6) is 3.15. The van der Waals surface area contributed by atoms with Gasteiger partial charge >= 0.3 is 0 Å². The highest BCUT2D eigenvalue weighted by atomic mass is 16.3. The Morgan fingerprint density at radius 3 is 2.61 bits per heavy atom. The summed E-state index contributed by atoms with van der Waals surface area (Å²) in [5.41, 5.74) is 2.04. The van der Waals surface area contributed by atoms with Crippen molar-refractivity contribution in [1.82, 2.24) is 20.0 Å². The number of aryl methyl sites for hydroxylation is 2. The number of furan rings is 1. The zero-order chi connectivity index (χ0) is 15.8. The largest absolute Gasteiger partial charge is 0.469 e. The molecule has 0 amide bonds. The summed E-state index contributed by atoms with van der Waals surface area (Å²) in [6.45, 7) is 5.88. The molecule has 0 aliphatic carbocycles. The summed E-state index contributed by atoms with van der Waals surface area (Å²) in [6.07, 6.45) is 2.81. The number of anilines is 1. The second-order valence-corrected chi connectivity index (χ2v) is 6.04. The smallest absolute Gasteiger partial charge is 0.176 e. The van der Waals surface area contributed by atoms with Crippen LogP contribution in [0.1, 0.15) is 29.5 Å². The van der Waals surface area contributed by atoms with E-state index in [1.165, 1.54) is 0 Å². The molecule has 3 aromatic rings. The fourth-order valence-corrected chi connectivity index (χ4v) is 3.18. The van der Waals surface area contributed by atoms with E-state index < -0.39 is 0 Å². The minimum atomic E-state index is 0.433. The van der Waals surface area contributed by atoms with E-state index in [2.05, 4.69) is 20.2 Å². The van der Waals surface area contributed by atoms with Crippen LogP contribution < -0.4 is 4.90 Å². The summed E-state index contributed by atoms with van der Waals surface area (Å²) in [6, 6.07) is 10.0. The van der Waals surface area contributed by atoms with Crippen LogP contribution in [0.15, 0.2) is 41.0 Å². The molecule has 0 N–H and O–H groups in total. The van der Waals surface area contributed by atoms with E-state index >= 15 is 0 Å². The molecule has 0 saturated carbocycles. The van der Waals surface area contributed by atoms with Crippen molar-refractivity contribution in [3.8, 4) is 5.82 Å². The second kappa shape index (κ2) is 5.53. The van der Waals surface area contributed by atoms with Crippen molar-refractivity contribution < 1.29 is 4.42 Å². The summed E-state index contributed by atoms with van der Waals surface area (Å²) in [7, 11) is 0. The molecule has 118 valence electrons. The molecular weight excluding hydrogens is 290 g/mol. The summed E-state index contributed by atoms with van der Waals surface area (Å²) >= 11 is 0. The predicted octanol–water partition coefficient (Wildman–Crippen LogP) is 2.87. The minimum absolute atomic E-state index is 0.433. The van der Waals surface area contributed by atoms with Gasteiger partial charge in [-0.05, 0) is 50.6 Å². The number of nitrogens with zero attached hydrogens (tertiary/aromatic N) is 5. The van der Waals surface area contributed by atoms with Crippen LogP contribution in [0.2, 0.25) is 0 Å². The molecule has 0 bridgehead atoms. The zero-order valence-electron chi connectivity index (χ0n) is 13.3. The van der Waals surface area contributed by atoms with Crippen molar-refractivity contribution in [2.75, 3.05) is 18.0 Å². The highest BCUT2D eigenvalue weighted by Gasteiger charge is 2.26. The fraction of sp³-hybridized carbons (Fsp3) is 0.353. The van der Waals surface area contributed by atoms with Gasteiger partial charge in [-0.1, -0.05) is 0 Å². The van der Waals surface area contributed by atoms with Gasteiger partial charge in [-0.15, -0.1) is 10.2 Å². The Morgan fingerprint density at radius 2 is 1.96 bits per heavy atom. The van der Waals surface area contributed by atoms with Gasteiger partial charge in [0.2, 0.25) is 0 Å². The van der Waals surface area contributed by atoms with Gasteiger partial charge in [0.1, 0.15) is 5.76 Å². The van der Waals surface area contributed by atoms with Crippen molar-refractivity contribution in [3.05, 3.63) is 53.7 Å². The third-order valence-electron chi connectivity index (χ3n) is 4.32. The highest BCUT2D eigenvalue weighted by molar-refractivity contribution is 5.42. The van der Waals surface area contributed by atoms with Crippen molar-refractivity contribution in [3.63, 3.8) is 0 Å². The van der Waals surface area contributed by atoms with E-state index in [4.69, 9.17) is 4.42 Å². The van der Waals surface area contributed by atoms with Gasteiger partial charge in [-0.2, -0.15) is 5.10 Å². The lowest BCUT2D eigenvalue weighted by Crippen LogP contribution is -2.21. The van der Waals surface area contributed by atoms with Gasteiger partial charge in [0.05, 0.1) is 12.0 Å². The van der Waals surface area contributed by atoms with Gasteiger partial charge in [-0.3, -0.25) is 0 Å². The summed E-state index contributed by atoms with van der Waals surface area (Å²) in [4.78, 5) is 2.26. The lowest BCUT2D eigenvalue weighted by molar-refractivity contribution is 0.475. The third-order valence-corrected chi connectivity index (χ3v) is 4.32. The van der Waals surface area contributed by atoms with Crippen LogP contribution in [0.4, 0.5) is 5.82 Å². The van der Waals surface area contributed by atoms with E-state index in [1.54, 1.807) is 6.26 Å². The zero-order valence-corrected chi connectivity index (χ0v) is 13.3. The molecule has 23 heavy (non-hydrogen) atoms. The average Bonchev–Trinajstić information content (AvgIpc) is 3.27. The molecule has 0 aromatic carbocycles. The van der Waals surface area contributed by atoms with E-state index in [0.717, 1.165) is 48.3 Å². The van der Waals surface area contributed by atoms with Crippen LogP contribution in [0.3, 0.4) is 0 Å². The van der Waals surface area contributed by atoms with E-state index in [1.807, 2.05) is 48.9 Å². The molecule has 0 radical (unpaired) electrons. The first-order valence-electron chi connectivity index (χ1n) is 7.86. The Bertz CT molecular complexity index is 791. The van der Waals surface area contributed by atoms with Gasteiger partial charge in [0.15, 0.2) is 11.6 Å². The van der Waals surface area contributed by atoms with Gasteiger partial charge < -0.3 is 9.32 Å². The Hall–Kier alpha value is -2.63. The van der Waals surface area contributed by atoms with Gasteiger partial charge in [-0.25, -0.2) is 4.68 Å².